The summed E-state index contributed by atoms with van der Waals surface area (Å²) in [4.78, 5) is 0. The van der Waals surface area contributed by atoms with Crippen molar-refractivity contribution in [2.45, 2.75) is 39.2 Å². The van der Waals surface area contributed by atoms with Gasteiger partial charge >= 0.3 is 0 Å². The van der Waals surface area contributed by atoms with E-state index in [2.05, 4.69) is 37.4 Å². The maximum absolute atomic E-state index is 5.89. The van der Waals surface area contributed by atoms with Crippen molar-refractivity contribution < 1.29 is 0 Å². The summed E-state index contributed by atoms with van der Waals surface area (Å²) in [5, 5.41) is 3.60. The number of benzene rings is 1. The molecule has 1 atom stereocenters. The van der Waals surface area contributed by atoms with Gasteiger partial charge in [-0.25, -0.2) is 0 Å². The van der Waals surface area contributed by atoms with Gasteiger partial charge in [-0.05, 0) is 43.9 Å². The van der Waals surface area contributed by atoms with Gasteiger partial charge in [0, 0.05) is 12.6 Å². The summed E-state index contributed by atoms with van der Waals surface area (Å²) in [5.74, 6) is 0.986. The number of hydrogen-bond acceptors (Lipinski definition) is 2. The number of hydrogen-bond donors (Lipinski definition) is 2. The van der Waals surface area contributed by atoms with Crippen LogP contribution in [0.1, 0.15) is 42.0 Å². The Morgan fingerprint density at radius 2 is 2.12 bits per heavy atom. The zero-order chi connectivity index (χ0) is 12.3. The molecule has 94 valence electrons. The number of aryl methyl sites for hydroxylation is 2. The molecular formula is C15H24N2. The molecule has 0 amide bonds. The second-order valence-electron chi connectivity index (χ2n) is 5.33. The normalized spacial score (nSPS) is 17.1. The molecule has 1 aliphatic carbocycles. The first-order valence-electron chi connectivity index (χ1n) is 6.71. The van der Waals surface area contributed by atoms with Gasteiger partial charge in [-0.15, -0.1) is 0 Å². The fourth-order valence-corrected chi connectivity index (χ4v) is 2.32. The summed E-state index contributed by atoms with van der Waals surface area (Å²) in [6.07, 6.45) is 4.16. The van der Waals surface area contributed by atoms with Crippen LogP contribution >= 0.6 is 0 Å². The van der Waals surface area contributed by atoms with E-state index in [4.69, 9.17) is 5.73 Å². The van der Waals surface area contributed by atoms with Crippen LogP contribution in [0.2, 0.25) is 0 Å². The van der Waals surface area contributed by atoms with Crippen molar-refractivity contribution in [2.24, 2.45) is 11.7 Å². The monoisotopic (exact) mass is 232 g/mol. The summed E-state index contributed by atoms with van der Waals surface area (Å²) in [6, 6.07) is 6.93. The smallest absolute Gasteiger partial charge is 0.0447 e. The van der Waals surface area contributed by atoms with E-state index in [1.165, 1.54) is 36.0 Å². The van der Waals surface area contributed by atoms with Crippen molar-refractivity contribution in [3.8, 4) is 0 Å². The maximum atomic E-state index is 5.89. The molecule has 0 saturated heterocycles. The minimum absolute atomic E-state index is 0.314. The highest BCUT2D eigenvalue weighted by molar-refractivity contribution is 5.33. The van der Waals surface area contributed by atoms with E-state index in [0.717, 1.165) is 12.5 Å². The maximum Gasteiger partial charge on any atom is 0.0447 e. The van der Waals surface area contributed by atoms with Crippen LogP contribution in [-0.4, -0.2) is 13.1 Å². The van der Waals surface area contributed by atoms with Crippen LogP contribution < -0.4 is 11.1 Å². The molecule has 1 saturated carbocycles. The van der Waals surface area contributed by atoms with E-state index in [1.807, 2.05) is 0 Å². The summed E-state index contributed by atoms with van der Waals surface area (Å²) in [5.41, 5.74) is 9.91. The fraction of sp³-hybridized carbons (Fsp3) is 0.600. The third kappa shape index (κ3) is 3.55. The topological polar surface area (TPSA) is 38.0 Å². The van der Waals surface area contributed by atoms with Crippen molar-refractivity contribution in [1.82, 2.24) is 5.32 Å². The lowest BCUT2D eigenvalue weighted by Gasteiger charge is -2.20. The second kappa shape index (κ2) is 5.65. The average molecular weight is 232 g/mol. The van der Waals surface area contributed by atoms with Gasteiger partial charge in [0.05, 0.1) is 0 Å². The van der Waals surface area contributed by atoms with Gasteiger partial charge in [0.1, 0.15) is 0 Å². The minimum Gasteiger partial charge on any atom is -0.329 e. The van der Waals surface area contributed by atoms with Crippen LogP contribution in [0, 0.1) is 19.8 Å². The van der Waals surface area contributed by atoms with E-state index in [-0.39, 0.29) is 0 Å². The Balaban J connectivity index is 1.96. The molecule has 0 aliphatic heterocycles. The predicted molar refractivity (Wildman–Crippen MR) is 73.1 cm³/mol. The third-order valence-corrected chi connectivity index (χ3v) is 3.69. The largest absolute Gasteiger partial charge is 0.329 e. The Morgan fingerprint density at radius 3 is 2.76 bits per heavy atom. The van der Waals surface area contributed by atoms with E-state index in [9.17, 15) is 0 Å². The molecule has 0 spiro atoms. The van der Waals surface area contributed by atoms with Crippen molar-refractivity contribution in [3.05, 3.63) is 34.9 Å². The average Bonchev–Trinajstić information content (AvgIpc) is 3.12. The van der Waals surface area contributed by atoms with Crippen molar-refractivity contribution >= 4 is 0 Å². The lowest BCUT2D eigenvalue weighted by molar-refractivity contribution is 0.514. The van der Waals surface area contributed by atoms with E-state index in [1.54, 1.807) is 0 Å². The van der Waals surface area contributed by atoms with Gasteiger partial charge in [-0.2, -0.15) is 0 Å². The standard InChI is InChI=1S/C15H24N2/c1-11-3-4-12(2)14(9-11)15(10-16)17-8-7-13-5-6-13/h3-4,9,13,15,17H,5-8,10,16H2,1-2H3. The molecule has 17 heavy (non-hydrogen) atoms. The second-order valence-corrected chi connectivity index (χ2v) is 5.33. The Hall–Kier alpha value is -0.860. The Bertz CT molecular complexity index is 369. The minimum atomic E-state index is 0.314. The number of nitrogens with one attached hydrogen (secondary N) is 1. The summed E-state index contributed by atoms with van der Waals surface area (Å²) in [7, 11) is 0. The highest BCUT2D eigenvalue weighted by Gasteiger charge is 2.21. The van der Waals surface area contributed by atoms with Crippen molar-refractivity contribution in [3.63, 3.8) is 0 Å². The molecule has 0 radical (unpaired) electrons. The molecule has 1 aromatic carbocycles. The zero-order valence-electron chi connectivity index (χ0n) is 11.0. The molecular weight excluding hydrogens is 208 g/mol. The summed E-state index contributed by atoms with van der Waals surface area (Å²) < 4.78 is 0. The third-order valence-electron chi connectivity index (χ3n) is 3.69. The van der Waals surface area contributed by atoms with Gasteiger partial charge in [0.15, 0.2) is 0 Å². The number of rotatable bonds is 6. The van der Waals surface area contributed by atoms with Crippen LogP contribution in [0.25, 0.3) is 0 Å². The first kappa shape index (κ1) is 12.6. The van der Waals surface area contributed by atoms with Crippen LogP contribution in [0.15, 0.2) is 18.2 Å². The molecule has 2 nitrogen and oxygen atoms in total. The molecule has 1 aromatic rings. The molecule has 0 aromatic heterocycles. The zero-order valence-corrected chi connectivity index (χ0v) is 11.0. The van der Waals surface area contributed by atoms with Gasteiger partial charge in [-0.1, -0.05) is 36.6 Å². The fourth-order valence-electron chi connectivity index (χ4n) is 2.32. The summed E-state index contributed by atoms with van der Waals surface area (Å²) in [6.45, 7) is 6.08. The molecule has 1 fully saturated rings. The molecule has 0 bridgehead atoms. The lowest BCUT2D eigenvalue weighted by Crippen LogP contribution is -2.29. The van der Waals surface area contributed by atoms with Crippen molar-refractivity contribution in [1.29, 1.82) is 0 Å². The van der Waals surface area contributed by atoms with Crippen molar-refractivity contribution in [2.75, 3.05) is 13.1 Å². The number of nitrogens with two attached hydrogens (primary N) is 1. The first-order valence-corrected chi connectivity index (χ1v) is 6.71. The highest BCUT2D eigenvalue weighted by Crippen LogP contribution is 2.32. The van der Waals surface area contributed by atoms with Crippen LogP contribution in [-0.2, 0) is 0 Å². The molecule has 1 aliphatic rings. The molecule has 2 rings (SSSR count). The Labute approximate surface area is 105 Å². The van der Waals surface area contributed by atoms with Crippen LogP contribution in [0.3, 0.4) is 0 Å². The van der Waals surface area contributed by atoms with Gasteiger partial charge in [0.25, 0.3) is 0 Å². The molecule has 1 unspecified atom stereocenters. The van der Waals surface area contributed by atoms with E-state index >= 15 is 0 Å². The SMILES string of the molecule is Cc1ccc(C)c(C(CN)NCCC2CC2)c1. The van der Waals surface area contributed by atoms with Gasteiger partial charge in [0.2, 0.25) is 0 Å². The predicted octanol–water partition coefficient (Wildman–Crippen LogP) is 2.69. The Kier molecular flexibility index (Phi) is 4.19. The first-order chi connectivity index (χ1) is 8.20. The van der Waals surface area contributed by atoms with Gasteiger partial charge in [-0.3, -0.25) is 0 Å². The molecule has 3 N–H and O–H groups in total. The van der Waals surface area contributed by atoms with Crippen LogP contribution in [0.5, 0.6) is 0 Å². The Morgan fingerprint density at radius 1 is 1.35 bits per heavy atom. The van der Waals surface area contributed by atoms with Crippen LogP contribution in [0.4, 0.5) is 0 Å². The van der Waals surface area contributed by atoms with E-state index in [0.29, 0.717) is 12.6 Å². The molecule has 2 heteroatoms. The quantitative estimate of drug-likeness (QED) is 0.791. The molecule has 0 heterocycles. The van der Waals surface area contributed by atoms with E-state index < -0.39 is 0 Å². The van der Waals surface area contributed by atoms with Gasteiger partial charge < -0.3 is 11.1 Å². The summed E-state index contributed by atoms with van der Waals surface area (Å²) >= 11 is 0. The highest BCUT2D eigenvalue weighted by atomic mass is 14.9. The lowest BCUT2D eigenvalue weighted by atomic mass is 9.99.